The largest absolute Gasteiger partial charge is 0.310 e. The minimum absolute atomic E-state index is 1.09. The maximum Gasteiger partial charge on any atom is 0.0541 e. The number of hydrogen-bond acceptors (Lipinski definition) is 1. The van der Waals surface area contributed by atoms with E-state index in [1.165, 1.54) is 104 Å². The van der Waals surface area contributed by atoms with E-state index in [9.17, 15) is 0 Å². The fourth-order valence-corrected chi connectivity index (χ4v) is 10.6. The van der Waals surface area contributed by atoms with Crippen molar-refractivity contribution in [1.82, 2.24) is 4.57 Å². The summed E-state index contributed by atoms with van der Waals surface area (Å²) in [6.07, 6.45) is 0. The van der Waals surface area contributed by atoms with Gasteiger partial charge in [0.25, 0.3) is 0 Å². The molecule has 0 saturated heterocycles. The molecule has 2 nitrogen and oxygen atoms in total. The van der Waals surface area contributed by atoms with E-state index in [0.717, 1.165) is 17.1 Å². The third kappa shape index (κ3) is 6.11. The van der Waals surface area contributed by atoms with Crippen LogP contribution in [0.5, 0.6) is 0 Å². The average molecular weight is 839 g/mol. The molecular weight excluding hydrogens is 797 g/mol. The van der Waals surface area contributed by atoms with Crippen LogP contribution in [0.1, 0.15) is 0 Å². The zero-order valence-corrected chi connectivity index (χ0v) is 36.1. The van der Waals surface area contributed by atoms with Crippen LogP contribution in [0.25, 0.3) is 104 Å². The topological polar surface area (TPSA) is 8.17 Å². The molecule has 2 heteroatoms. The van der Waals surface area contributed by atoms with Crippen LogP contribution in [-0.2, 0) is 0 Å². The van der Waals surface area contributed by atoms with Crippen molar-refractivity contribution in [3.63, 3.8) is 0 Å². The Morgan fingerprint density at radius 3 is 1.33 bits per heavy atom. The summed E-state index contributed by atoms with van der Waals surface area (Å²) < 4.78 is 2.46. The minimum Gasteiger partial charge on any atom is -0.310 e. The number of benzene rings is 12. The maximum atomic E-state index is 2.46. The maximum absolute atomic E-state index is 2.46. The smallest absolute Gasteiger partial charge is 0.0541 e. The molecule has 0 N–H and O–H groups in total. The first kappa shape index (κ1) is 37.8. The molecule has 1 aromatic heterocycles. The minimum atomic E-state index is 1.09. The molecular formula is C64H42N2. The predicted octanol–water partition coefficient (Wildman–Crippen LogP) is 17.8. The Labute approximate surface area is 383 Å². The summed E-state index contributed by atoms with van der Waals surface area (Å²) in [6.45, 7) is 0. The number of para-hydroxylation sites is 2. The number of anilines is 3. The van der Waals surface area contributed by atoms with E-state index in [2.05, 4.69) is 264 Å². The molecule has 0 amide bonds. The Hall–Kier alpha value is -8.72. The van der Waals surface area contributed by atoms with Gasteiger partial charge in [0.1, 0.15) is 0 Å². The molecule has 0 atom stereocenters. The summed E-state index contributed by atoms with van der Waals surface area (Å²) in [5.74, 6) is 0. The first-order chi connectivity index (χ1) is 32.8. The van der Waals surface area contributed by atoms with Crippen molar-refractivity contribution in [1.29, 1.82) is 0 Å². The Balaban J connectivity index is 1.02. The van der Waals surface area contributed by atoms with Crippen LogP contribution in [0.2, 0.25) is 0 Å². The lowest BCUT2D eigenvalue weighted by molar-refractivity contribution is 1.20. The van der Waals surface area contributed by atoms with Crippen LogP contribution in [0, 0.1) is 0 Å². The fourth-order valence-electron chi connectivity index (χ4n) is 10.6. The van der Waals surface area contributed by atoms with Crippen LogP contribution in [0.15, 0.2) is 255 Å². The normalized spacial score (nSPS) is 11.6. The van der Waals surface area contributed by atoms with E-state index in [4.69, 9.17) is 0 Å². The van der Waals surface area contributed by atoms with Gasteiger partial charge in [0, 0.05) is 32.9 Å². The zero-order valence-electron chi connectivity index (χ0n) is 36.1. The molecule has 13 aromatic rings. The molecule has 12 aromatic carbocycles. The molecule has 0 aliphatic carbocycles. The van der Waals surface area contributed by atoms with Crippen molar-refractivity contribution in [3.8, 4) is 50.2 Å². The van der Waals surface area contributed by atoms with Gasteiger partial charge in [-0.3, -0.25) is 0 Å². The van der Waals surface area contributed by atoms with E-state index in [1.807, 2.05) is 0 Å². The first-order valence-electron chi connectivity index (χ1n) is 22.8. The lowest BCUT2D eigenvalue weighted by Crippen LogP contribution is -2.11. The Bertz CT molecular complexity index is 3870. The Morgan fingerprint density at radius 2 is 0.727 bits per heavy atom. The Morgan fingerprint density at radius 1 is 0.273 bits per heavy atom. The molecule has 13 rings (SSSR count). The monoisotopic (exact) mass is 838 g/mol. The highest BCUT2D eigenvalue weighted by atomic mass is 15.1. The van der Waals surface area contributed by atoms with Crippen LogP contribution in [-0.4, -0.2) is 4.57 Å². The van der Waals surface area contributed by atoms with Crippen LogP contribution >= 0.6 is 0 Å². The number of rotatable bonds is 8. The SMILES string of the molecule is c1ccc(-c2ccccc2-c2ccc(N(c3cccc(-c4ccccc4-c4ccccc4)c3)c3ccc4ccc5c(-n6c7ccccc7c7ccccc76)ccc6ccc3c4c65)cc2)cc1. The van der Waals surface area contributed by atoms with Crippen molar-refractivity contribution < 1.29 is 0 Å². The predicted molar refractivity (Wildman–Crippen MR) is 281 cm³/mol. The molecule has 0 spiro atoms. The van der Waals surface area contributed by atoms with Gasteiger partial charge >= 0.3 is 0 Å². The number of aromatic nitrogens is 1. The van der Waals surface area contributed by atoms with Gasteiger partial charge in [-0.25, -0.2) is 0 Å². The van der Waals surface area contributed by atoms with Gasteiger partial charge in [-0.2, -0.15) is 0 Å². The highest BCUT2D eigenvalue weighted by molar-refractivity contribution is 6.27. The van der Waals surface area contributed by atoms with Crippen molar-refractivity contribution in [2.45, 2.75) is 0 Å². The fraction of sp³-hybridized carbons (Fsp3) is 0. The van der Waals surface area contributed by atoms with Crippen molar-refractivity contribution in [2.24, 2.45) is 0 Å². The lowest BCUT2D eigenvalue weighted by Gasteiger charge is -2.28. The highest BCUT2D eigenvalue weighted by Crippen LogP contribution is 2.47. The third-order valence-corrected chi connectivity index (χ3v) is 13.6. The molecule has 308 valence electrons. The lowest BCUT2D eigenvalue weighted by atomic mass is 9.91. The van der Waals surface area contributed by atoms with Crippen molar-refractivity contribution in [3.05, 3.63) is 255 Å². The van der Waals surface area contributed by atoms with Crippen LogP contribution in [0.3, 0.4) is 0 Å². The molecule has 0 aliphatic heterocycles. The second-order valence-electron chi connectivity index (χ2n) is 17.2. The molecule has 0 aliphatic rings. The van der Waals surface area contributed by atoms with Crippen molar-refractivity contribution in [2.75, 3.05) is 4.90 Å². The van der Waals surface area contributed by atoms with Crippen LogP contribution in [0.4, 0.5) is 17.1 Å². The Kier molecular flexibility index (Phi) is 8.89. The van der Waals surface area contributed by atoms with E-state index in [-0.39, 0.29) is 0 Å². The molecule has 66 heavy (non-hydrogen) atoms. The van der Waals surface area contributed by atoms with Gasteiger partial charge < -0.3 is 9.47 Å². The second-order valence-corrected chi connectivity index (χ2v) is 17.2. The van der Waals surface area contributed by atoms with Gasteiger partial charge in [0.05, 0.1) is 22.4 Å². The summed E-state index contributed by atoms with van der Waals surface area (Å²) >= 11 is 0. The van der Waals surface area contributed by atoms with E-state index < -0.39 is 0 Å². The van der Waals surface area contributed by atoms with E-state index >= 15 is 0 Å². The van der Waals surface area contributed by atoms with Gasteiger partial charge in [-0.15, -0.1) is 0 Å². The molecule has 0 bridgehead atoms. The summed E-state index contributed by atoms with van der Waals surface area (Å²) in [6, 6.07) is 93.2. The van der Waals surface area contributed by atoms with Gasteiger partial charge in [-0.05, 0) is 115 Å². The summed E-state index contributed by atoms with van der Waals surface area (Å²) in [4.78, 5) is 2.46. The van der Waals surface area contributed by atoms with Crippen molar-refractivity contribution >= 4 is 71.2 Å². The quantitative estimate of drug-likeness (QED) is 0.138. The average Bonchev–Trinajstić information content (AvgIpc) is 3.73. The van der Waals surface area contributed by atoms with E-state index in [0.29, 0.717) is 0 Å². The van der Waals surface area contributed by atoms with Gasteiger partial charge in [0.2, 0.25) is 0 Å². The van der Waals surface area contributed by atoms with Gasteiger partial charge in [0.15, 0.2) is 0 Å². The molecule has 1 heterocycles. The standard InChI is InChI=1S/C64H42N2/c1-3-16-43(17-4-1)51-22-7-8-24-53(51)45-30-36-49(37-31-45)65(50-21-15-20-48(42-50)54-25-10-9-23-52(54)44-18-5-2-6-19-44)61-40-34-46-33-39-58-62(41-35-47-32-38-57(61)63(46)64(47)58)66-59-28-13-11-26-55(59)56-27-12-14-29-60(56)66/h1-42H. The molecule has 0 radical (unpaired) electrons. The molecule has 0 fully saturated rings. The summed E-state index contributed by atoms with van der Waals surface area (Å²) in [7, 11) is 0. The van der Waals surface area contributed by atoms with E-state index in [1.54, 1.807) is 0 Å². The summed E-state index contributed by atoms with van der Waals surface area (Å²) in [5, 5.41) is 9.99. The first-order valence-corrected chi connectivity index (χ1v) is 22.8. The number of nitrogens with zero attached hydrogens (tertiary/aromatic N) is 2. The highest BCUT2D eigenvalue weighted by Gasteiger charge is 2.22. The van der Waals surface area contributed by atoms with Crippen LogP contribution < -0.4 is 4.90 Å². The molecule has 0 unspecified atom stereocenters. The molecule has 0 saturated carbocycles. The van der Waals surface area contributed by atoms with Gasteiger partial charge in [-0.1, -0.05) is 206 Å². The third-order valence-electron chi connectivity index (χ3n) is 13.6. The number of fused-ring (bicyclic) bond motifs is 3. The summed E-state index contributed by atoms with van der Waals surface area (Å²) in [5.41, 5.74) is 16.5. The number of hydrogen-bond donors (Lipinski definition) is 0. The second kappa shape index (κ2) is 15.5. The zero-order chi connectivity index (χ0) is 43.6.